The smallest absolute Gasteiger partial charge is 0.293 e. The second kappa shape index (κ2) is 6.16. The predicted octanol–water partition coefficient (Wildman–Crippen LogP) is 0.440. The Morgan fingerprint density at radius 3 is 2.55 bits per heavy atom. The van der Waals surface area contributed by atoms with Gasteiger partial charge in [0.25, 0.3) is 5.69 Å². The summed E-state index contributed by atoms with van der Waals surface area (Å²) >= 11 is 0. The number of likely N-dealkylation sites (N-methyl/N-ethyl adjacent to an activating group) is 1. The van der Waals surface area contributed by atoms with E-state index >= 15 is 0 Å². The maximum absolute atomic E-state index is 11.3. The molecular formula is C12H17N3O6S. The van der Waals surface area contributed by atoms with Gasteiger partial charge in [0.1, 0.15) is 5.69 Å². The highest BCUT2D eigenvalue weighted by atomic mass is 32.2. The molecule has 0 radical (unpaired) electrons. The average Bonchev–Trinajstić information content (AvgIpc) is 2.45. The standard InChI is InChI=1S/C12H17N3O6S/c1-8-6-21-12(7-20-8)14(2)10-4-3-9(22(13,18)19)5-11(10)15(16)17/h3-5,8,12H,6-7H2,1-2H3,(H2,13,18,19)/t8-,12-/m0/s1. The first kappa shape index (κ1) is 16.6. The van der Waals surface area contributed by atoms with Crippen molar-refractivity contribution in [3.05, 3.63) is 28.3 Å². The summed E-state index contributed by atoms with van der Waals surface area (Å²) in [5.74, 6) is 0. The van der Waals surface area contributed by atoms with Crippen molar-refractivity contribution in [2.24, 2.45) is 5.14 Å². The average molecular weight is 331 g/mol. The number of nitrogens with two attached hydrogens (primary N) is 1. The fraction of sp³-hybridized carbons (Fsp3) is 0.500. The molecule has 1 heterocycles. The lowest BCUT2D eigenvalue weighted by atomic mass is 10.2. The van der Waals surface area contributed by atoms with Crippen molar-refractivity contribution in [2.45, 2.75) is 24.2 Å². The van der Waals surface area contributed by atoms with Crippen LogP contribution in [0, 0.1) is 10.1 Å². The van der Waals surface area contributed by atoms with Gasteiger partial charge in [0.15, 0.2) is 6.23 Å². The Balaban J connectivity index is 2.36. The number of hydrogen-bond acceptors (Lipinski definition) is 7. The first-order chi connectivity index (χ1) is 10.2. The number of primary sulfonamides is 1. The molecule has 0 saturated carbocycles. The third-order valence-corrected chi connectivity index (χ3v) is 4.24. The number of ether oxygens (including phenoxy) is 2. The lowest BCUT2D eigenvalue weighted by Gasteiger charge is -2.34. The van der Waals surface area contributed by atoms with Crippen LogP contribution in [-0.4, -0.2) is 45.9 Å². The molecule has 0 unspecified atom stereocenters. The highest BCUT2D eigenvalue weighted by molar-refractivity contribution is 7.89. The van der Waals surface area contributed by atoms with Gasteiger partial charge in [0.2, 0.25) is 10.0 Å². The summed E-state index contributed by atoms with van der Waals surface area (Å²) in [5.41, 5.74) is -0.142. The number of hydrogen-bond donors (Lipinski definition) is 1. The minimum Gasteiger partial charge on any atom is -0.371 e. The molecule has 2 N–H and O–H groups in total. The molecule has 1 aliphatic rings. The summed E-state index contributed by atoms with van der Waals surface area (Å²) in [6.45, 7) is 2.49. The summed E-state index contributed by atoms with van der Waals surface area (Å²) in [6, 6.07) is 3.49. The SMILES string of the molecule is C[C@H]1CO[C@H](N(C)c2ccc(S(N)(=O)=O)cc2[N+](=O)[O-])CO1. The summed E-state index contributed by atoms with van der Waals surface area (Å²) in [5, 5.41) is 16.2. The van der Waals surface area contributed by atoms with Crippen molar-refractivity contribution in [1.29, 1.82) is 0 Å². The number of benzene rings is 1. The van der Waals surface area contributed by atoms with Gasteiger partial charge >= 0.3 is 0 Å². The van der Waals surface area contributed by atoms with E-state index in [1.54, 1.807) is 7.05 Å². The van der Waals surface area contributed by atoms with Crippen LogP contribution >= 0.6 is 0 Å². The van der Waals surface area contributed by atoms with E-state index < -0.39 is 21.2 Å². The Kier molecular flexibility index (Phi) is 4.66. The monoisotopic (exact) mass is 331 g/mol. The molecule has 122 valence electrons. The molecule has 0 bridgehead atoms. The predicted molar refractivity (Wildman–Crippen MR) is 78.0 cm³/mol. The lowest BCUT2D eigenvalue weighted by molar-refractivity contribution is -0.384. The molecule has 0 amide bonds. The van der Waals surface area contributed by atoms with Crippen LogP contribution in [0.1, 0.15) is 6.92 Å². The van der Waals surface area contributed by atoms with E-state index in [1.807, 2.05) is 6.92 Å². The van der Waals surface area contributed by atoms with Gasteiger partial charge in [-0.25, -0.2) is 13.6 Å². The van der Waals surface area contributed by atoms with Crippen molar-refractivity contribution in [2.75, 3.05) is 25.2 Å². The molecular weight excluding hydrogens is 314 g/mol. The zero-order valence-corrected chi connectivity index (χ0v) is 12.9. The van der Waals surface area contributed by atoms with Gasteiger partial charge in [-0.15, -0.1) is 0 Å². The number of anilines is 1. The molecule has 0 aliphatic carbocycles. The van der Waals surface area contributed by atoms with Crippen LogP contribution in [0.4, 0.5) is 11.4 Å². The first-order valence-corrected chi connectivity index (χ1v) is 8.02. The van der Waals surface area contributed by atoms with Gasteiger partial charge in [-0.1, -0.05) is 0 Å². The fourth-order valence-electron chi connectivity index (χ4n) is 2.09. The summed E-state index contributed by atoms with van der Waals surface area (Å²) in [7, 11) is -2.40. The summed E-state index contributed by atoms with van der Waals surface area (Å²) in [6.07, 6.45) is -0.528. The molecule has 1 aromatic carbocycles. The number of rotatable bonds is 4. The van der Waals surface area contributed by atoms with Crippen molar-refractivity contribution >= 4 is 21.4 Å². The molecule has 2 rings (SSSR count). The maximum atomic E-state index is 11.3. The molecule has 2 atom stereocenters. The molecule has 22 heavy (non-hydrogen) atoms. The van der Waals surface area contributed by atoms with E-state index in [4.69, 9.17) is 14.6 Å². The van der Waals surface area contributed by atoms with Crippen molar-refractivity contribution in [1.82, 2.24) is 0 Å². The number of nitrogens with zero attached hydrogens (tertiary/aromatic N) is 2. The summed E-state index contributed by atoms with van der Waals surface area (Å²) < 4.78 is 33.7. The second-order valence-corrected chi connectivity index (χ2v) is 6.56. The molecule has 1 aliphatic heterocycles. The van der Waals surface area contributed by atoms with Gasteiger partial charge in [0, 0.05) is 13.1 Å². The van der Waals surface area contributed by atoms with E-state index in [-0.39, 0.29) is 29.0 Å². The lowest BCUT2D eigenvalue weighted by Crippen LogP contribution is -2.44. The normalized spacial score (nSPS) is 22.3. The van der Waals surface area contributed by atoms with Crippen LogP contribution < -0.4 is 10.0 Å². The van der Waals surface area contributed by atoms with Gasteiger partial charge in [0.05, 0.1) is 29.1 Å². The summed E-state index contributed by atoms with van der Waals surface area (Å²) in [4.78, 5) is 11.8. The zero-order valence-electron chi connectivity index (χ0n) is 12.1. The van der Waals surface area contributed by atoms with Crippen molar-refractivity contribution < 1.29 is 22.8 Å². The van der Waals surface area contributed by atoms with Gasteiger partial charge in [-0.2, -0.15) is 0 Å². The Hall–Kier alpha value is -1.75. The zero-order chi connectivity index (χ0) is 16.5. The number of nitro groups is 1. The van der Waals surface area contributed by atoms with E-state index in [1.165, 1.54) is 17.0 Å². The Morgan fingerprint density at radius 1 is 1.36 bits per heavy atom. The van der Waals surface area contributed by atoms with E-state index in [0.717, 1.165) is 6.07 Å². The number of nitro benzene ring substituents is 1. The molecule has 0 spiro atoms. The van der Waals surface area contributed by atoms with Crippen LogP contribution in [0.15, 0.2) is 23.1 Å². The Bertz CT molecular complexity index is 669. The third-order valence-electron chi connectivity index (χ3n) is 3.33. The quantitative estimate of drug-likeness (QED) is 0.626. The van der Waals surface area contributed by atoms with E-state index in [0.29, 0.717) is 6.61 Å². The fourth-order valence-corrected chi connectivity index (χ4v) is 2.63. The van der Waals surface area contributed by atoms with E-state index in [9.17, 15) is 18.5 Å². The van der Waals surface area contributed by atoms with Crippen LogP contribution in [0.25, 0.3) is 0 Å². The largest absolute Gasteiger partial charge is 0.371 e. The van der Waals surface area contributed by atoms with Gasteiger partial charge in [-0.05, 0) is 19.1 Å². The van der Waals surface area contributed by atoms with Crippen LogP contribution in [-0.2, 0) is 19.5 Å². The highest BCUT2D eigenvalue weighted by Gasteiger charge is 2.28. The van der Waals surface area contributed by atoms with Crippen LogP contribution in [0.5, 0.6) is 0 Å². The van der Waals surface area contributed by atoms with Gasteiger partial charge < -0.3 is 14.4 Å². The first-order valence-electron chi connectivity index (χ1n) is 6.47. The molecule has 1 saturated heterocycles. The van der Waals surface area contributed by atoms with Crippen LogP contribution in [0.2, 0.25) is 0 Å². The molecule has 9 nitrogen and oxygen atoms in total. The topological polar surface area (TPSA) is 125 Å². The highest BCUT2D eigenvalue weighted by Crippen LogP contribution is 2.31. The molecule has 1 fully saturated rings. The van der Waals surface area contributed by atoms with Crippen molar-refractivity contribution in [3.8, 4) is 0 Å². The van der Waals surface area contributed by atoms with Gasteiger partial charge in [-0.3, -0.25) is 10.1 Å². The Morgan fingerprint density at radius 2 is 2.05 bits per heavy atom. The Labute approximate surface area is 127 Å². The maximum Gasteiger partial charge on any atom is 0.293 e. The molecule has 1 aromatic rings. The minimum absolute atomic E-state index is 0.0376. The third kappa shape index (κ3) is 3.53. The second-order valence-electron chi connectivity index (χ2n) is 5.00. The molecule has 0 aromatic heterocycles. The van der Waals surface area contributed by atoms with E-state index in [2.05, 4.69) is 0 Å². The molecule has 10 heteroatoms. The van der Waals surface area contributed by atoms with Crippen LogP contribution in [0.3, 0.4) is 0 Å². The van der Waals surface area contributed by atoms with Crippen molar-refractivity contribution in [3.63, 3.8) is 0 Å². The number of sulfonamides is 1. The minimum atomic E-state index is -4.01.